The van der Waals surface area contributed by atoms with Gasteiger partial charge in [0.25, 0.3) is 0 Å². The number of carbonyl (C=O) groups is 1. The Morgan fingerprint density at radius 2 is 1.96 bits per heavy atom. The summed E-state index contributed by atoms with van der Waals surface area (Å²) in [5, 5.41) is 2.78. The highest BCUT2D eigenvalue weighted by molar-refractivity contribution is 7.90. The fourth-order valence-electron chi connectivity index (χ4n) is 2.90. The van der Waals surface area contributed by atoms with Gasteiger partial charge in [-0.2, -0.15) is 0 Å². The highest BCUT2D eigenvalue weighted by Crippen LogP contribution is 2.32. The van der Waals surface area contributed by atoms with Crippen LogP contribution in [0.25, 0.3) is 0 Å². The summed E-state index contributed by atoms with van der Waals surface area (Å²) in [6.07, 6.45) is 4.35. The van der Waals surface area contributed by atoms with Gasteiger partial charge in [-0.05, 0) is 30.5 Å². The number of urea groups is 1. The average molecular weight is 345 g/mol. The van der Waals surface area contributed by atoms with Crippen molar-refractivity contribution in [1.29, 1.82) is 0 Å². The van der Waals surface area contributed by atoms with E-state index in [0.717, 1.165) is 24.7 Å². The first-order valence-electron chi connectivity index (χ1n) is 7.74. The van der Waals surface area contributed by atoms with Crippen molar-refractivity contribution in [1.82, 2.24) is 9.88 Å². The molecule has 3 rings (SSSR count). The van der Waals surface area contributed by atoms with E-state index in [2.05, 4.69) is 10.3 Å². The normalized spacial score (nSPS) is 17.7. The van der Waals surface area contributed by atoms with Crippen molar-refractivity contribution in [3.63, 3.8) is 0 Å². The Hall–Kier alpha value is -2.41. The van der Waals surface area contributed by atoms with Crippen molar-refractivity contribution in [2.24, 2.45) is 0 Å². The van der Waals surface area contributed by atoms with Crippen LogP contribution in [0.3, 0.4) is 0 Å². The number of carbonyl (C=O) groups excluding carboxylic acids is 1. The number of rotatable bonds is 3. The van der Waals surface area contributed by atoms with Crippen LogP contribution in [0, 0.1) is 0 Å². The molecule has 0 saturated carbocycles. The predicted molar refractivity (Wildman–Crippen MR) is 91.5 cm³/mol. The summed E-state index contributed by atoms with van der Waals surface area (Å²) in [5.74, 6) is 0. The number of benzene rings is 1. The summed E-state index contributed by atoms with van der Waals surface area (Å²) in [6.45, 7) is 0.695. The molecular formula is C17H19N3O3S. The maximum atomic E-state index is 12.5. The maximum Gasteiger partial charge on any atom is 0.322 e. The number of amides is 2. The quantitative estimate of drug-likeness (QED) is 0.928. The third-order valence-electron chi connectivity index (χ3n) is 4.07. The van der Waals surface area contributed by atoms with E-state index < -0.39 is 9.84 Å². The van der Waals surface area contributed by atoms with Gasteiger partial charge in [-0.1, -0.05) is 30.3 Å². The molecule has 2 heterocycles. The zero-order chi connectivity index (χ0) is 17.2. The lowest BCUT2D eigenvalue weighted by atomic mass is 10.1. The monoisotopic (exact) mass is 345 g/mol. The van der Waals surface area contributed by atoms with Crippen LogP contribution in [-0.2, 0) is 9.84 Å². The molecule has 1 unspecified atom stereocenters. The zero-order valence-corrected chi connectivity index (χ0v) is 14.2. The van der Waals surface area contributed by atoms with Gasteiger partial charge in [0.2, 0.25) is 0 Å². The molecule has 2 amide bonds. The second-order valence-electron chi connectivity index (χ2n) is 5.85. The van der Waals surface area contributed by atoms with E-state index in [1.54, 1.807) is 11.0 Å². The van der Waals surface area contributed by atoms with Gasteiger partial charge in [-0.15, -0.1) is 0 Å². The third-order valence-corrected chi connectivity index (χ3v) is 5.07. The molecule has 6 nitrogen and oxygen atoms in total. The summed E-state index contributed by atoms with van der Waals surface area (Å²) in [6, 6.07) is 12.8. The van der Waals surface area contributed by atoms with Crippen LogP contribution < -0.4 is 5.32 Å². The Kier molecular flexibility index (Phi) is 4.53. The van der Waals surface area contributed by atoms with E-state index in [0.29, 0.717) is 12.2 Å². The standard InChI is InChI=1S/C17H19N3O3S/c1-24(22,23)16-10-9-14(12-18-16)19-17(21)20-11-5-8-15(20)13-6-3-2-4-7-13/h2-4,6-7,9-10,12,15H,5,8,11H2,1H3,(H,19,21). The van der Waals surface area contributed by atoms with E-state index in [1.807, 2.05) is 30.3 Å². The van der Waals surface area contributed by atoms with Crippen LogP contribution in [0.1, 0.15) is 24.4 Å². The molecule has 1 saturated heterocycles. The first-order chi connectivity index (χ1) is 11.4. The number of nitrogens with one attached hydrogen (secondary N) is 1. The van der Waals surface area contributed by atoms with Crippen LogP contribution >= 0.6 is 0 Å². The molecular weight excluding hydrogens is 326 g/mol. The van der Waals surface area contributed by atoms with Gasteiger partial charge in [0.1, 0.15) is 0 Å². The van der Waals surface area contributed by atoms with E-state index in [4.69, 9.17) is 0 Å². The Labute approximate surface area is 141 Å². The number of likely N-dealkylation sites (tertiary alicyclic amines) is 1. The van der Waals surface area contributed by atoms with Crippen LogP contribution in [0.5, 0.6) is 0 Å². The van der Waals surface area contributed by atoms with Gasteiger partial charge in [0, 0.05) is 12.8 Å². The number of aromatic nitrogens is 1. The molecule has 1 aliphatic rings. The van der Waals surface area contributed by atoms with Crippen molar-refractivity contribution in [3.8, 4) is 0 Å². The van der Waals surface area contributed by atoms with Gasteiger partial charge in [0.05, 0.1) is 17.9 Å². The fraction of sp³-hybridized carbons (Fsp3) is 0.294. The number of sulfone groups is 1. The lowest BCUT2D eigenvalue weighted by Gasteiger charge is -2.25. The van der Waals surface area contributed by atoms with Crippen molar-refractivity contribution in [3.05, 3.63) is 54.2 Å². The molecule has 0 spiro atoms. The minimum atomic E-state index is -3.34. The Morgan fingerprint density at radius 1 is 1.21 bits per heavy atom. The molecule has 1 N–H and O–H groups in total. The maximum absolute atomic E-state index is 12.5. The van der Waals surface area contributed by atoms with Gasteiger partial charge in [0.15, 0.2) is 14.9 Å². The number of anilines is 1. The molecule has 1 atom stereocenters. The SMILES string of the molecule is CS(=O)(=O)c1ccc(NC(=O)N2CCCC2c2ccccc2)cn1. The second kappa shape index (κ2) is 6.60. The number of nitrogens with zero attached hydrogens (tertiary/aromatic N) is 2. The van der Waals surface area contributed by atoms with Crippen LogP contribution in [-0.4, -0.2) is 37.1 Å². The molecule has 7 heteroatoms. The number of pyridine rings is 1. The topological polar surface area (TPSA) is 79.4 Å². The largest absolute Gasteiger partial charge is 0.322 e. The lowest BCUT2D eigenvalue weighted by molar-refractivity contribution is 0.207. The highest BCUT2D eigenvalue weighted by Gasteiger charge is 2.29. The average Bonchev–Trinajstić information content (AvgIpc) is 3.05. The van der Waals surface area contributed by atoms with Crippen LogP contribution in [0.4, 0.5) is 10.5 Å². The molecule has 2 aromatic rings. The molecule has 1 aliphatic heterocycles. The first-order valence-corrected chi connectivity index (χ1v) is 9.63. The predicted octanol–water partition coefficient (Wildman–Crippen LogP) is 2.85. The van der Waals surface area contributed by atoms with Gasteiger partial charge in [-0.25, -0.2) is 18.2 Å². The summed E-state index contributed by atoms with van der Waals surface area (Å²) in [7, 11) is -3.34. The summed E-state index contributed by atoms with van der Waals surface area (Å²) in [4.78, 5) is 18.2. The van der Waals surface area contributed by atoms with E-state index in [9.17, 15) is 13.2 Å². The lowest BCUT2D eigenvalue weighted by Crippen LogP contribution is -2.34. The Morgan fingerprint density at radius 3 is 2.58 bits per heavy atom. The molecule has 1 fully saturated rings. The molecule has 0 bridgehead atoms. The molecule has 0 radical (unpaired) electrons. The second-order valence-corrected chi connectivity index (χ2v) is 7.81. The Balaban J connectivity index is 1.72. The summed E-state index contributed by atoms with van der Waals surface area (Å²) >= 11 is 0. The Bertz CT molecular complexity index is 820. The molecule has 126 valence electrons. The van der Waals surface area contributed by atoms with Crippen LogP contribution in [0.2, 0.25) is 0 Å². The molecule has 0 aliphatic carbocycles. The van der Waals surface area contributed by atoms with Gasteiger partial charge in [-0.3, -0.25) is 0 Å². The van der Waals surface area contributed by atoms with E-state index in [-0.39, 0.29) is 17.1 Å². The minimum absolute atomic E-state index is 0.0103. The highest BCUT2D eigenvalue weighted by atomic mass is 32.2. The van der Waals surface area contributed by atoms with Crippen molar-refractivity contribution in [2.75, 3.05) is 18.1 Å². The third kappa shape index (κ3) is 3.56. The van der Waals surface area contributed by atoms with Gasteiger partial charge >= 0.3 is 6.03 Å². The van der Waals surface area contributed by atoms with Crippen molar-refractivity contribution >= 4 is 21.6 Å². The van der Waals surface area contributed by atoms with E-state index in [1.165, 1.54) is 12.3 Å². The van der Waals surface area contributed by atoms with Gasteiger partial charge < -0.3 is 10.2 Å². The summed E-state index contributed by atoms with van der Waals surface area (Å²) < 4.78 is 22.8. The first kappa shape index (κ1) is 16.4. The molecule has 1 aromatic carbocycles. The smallest absolute Gasteiger partial charge is 0.317 e. The number of hydrogen-bond acceptors (Lipinski definition) is 4. The van der Waals surface area contributed by atoms with E-state index >= 15 is 0 Å². The van der Waals surface area contributed by atoms with Crippen molar-refractivity contribution < 1.29 is 13.2 Å². The minimum Gasteiger partial charge on any atom is -0.317 e. The number of hydrogen-bond donors (Lipinski definition) is 1. The molecule has 24 heavy (non-hydrogen) atoms. The summed E-state index contributed by atoms with van der Waals surface area (Å²) in [5.41, 5.74) is 1.60. The zero-order valence-electron chi connectivity index (χ0n) is 13.3. The fourth-order valence-corrected chi connectivity index (χ4v) is 3.46. The van der Waals surface area contributed by atoms with Crippen LogP contribution in [0.15, 0.2) is 53.7 Å². The van der Waals surface area contributed by atoms with Crippen molar-refractivity contribution in [2.45, 2.75) is 23.9 Å². The molecule has 1 aromatic heterocycles.